The number of rotatable bonds is 4. The maximum atomic E-state index is 14.5. The smallest absolute Gasteiger partial charge is 0.238 e. The van der Waals surface area contributed by atoms with Gasteiger partial charge in [-0.15, -0.1) is 11.3 Å². The summed E-state index contributed by atoms with van der Waals surface area (Å²) in [6.07, 6.45) is 4.01. The Morgan fingerprint density at radius 3 is 2.41 bits per heavy atom. The average Bonchev–Trinajstić information content (AvgIpc) is 3.65. The number of nitrogens with zero attached hydrogens (tertiary/aromatic N) is 1. The lowest BCUT2D eigenvalue weighted by molar-refractivity contribution is -0.121. The number of nitrogens with one attached hydrogen (secondary N) is 1. The third-order valence-corrected chi connectivity index (χ3v) is 8.80. The zero-order chi connectivity index (χ0) is 25.1. The fourth-order valence-corrected chi connectivity index (χ4v) is 7.16. The number of anilines is 2. The van der Waals surface area contributed by atoms with E-state index in [2.05, 4.69) is 5.32 Å². The predicted molar refractivity (Wildman–Crippen MR) is 145 cm³/mol. The number of hydrogen-bond acceptors (Lipinski definition) is 5. The molecule has 3 aromatic carbocycles. The molecule has 4 aromatic rings. The number of benzene rings is 3. The lowest BCUT2D eigenvalue weighted by Gasteiger charge is -2.37. The Kier molecular flexibility index (Phi) is 4.81. The van der Waals surface area contributed by atoms with Gasteiger partial charge in [-0.3, -0.25) is 14.4 Å². The highest BCUT2D eigenvalue weighted by molar-refractivity contribution is 7.12. The number of Topliss-reactive ketones (excluding diaryl/α,β-unsaturated/α-hetero) is 2. The van der Waals surface area contributed by atoms with E-state index in [0.29, 0.717) is 16.1 Å². The third-order valence-electron chi connectivity index (χ3n) is 7.92. The number of ketones is 2. The van der Waals surface area contributed by atoms with E-state index in [0.717, 1.165) is 16.8 Å². The first-order valence-corrected chi connectivity index (χ1v) is 13.1. The SMILES string of the molecule is O=C(c1cccs1)[C@@H]1[C@H](C(=O)c2ccccc2)[C@@]2(C(=O)Nc3ccccc32)[C@H]2C=Cc3ccccc3N12. The number of hydrogen-bond donors (Lipinski definition) is 1. The molecule has 0 radical (unpaired) electrons. The van der Waals surface area contributed by atoms with Crippen molar-refractivity contribution >= 4 is 46.3 Å². The fraction of sp³-hybridized carbons (Fsp3) is 0.129. The van der Waals surface area contributed by atoms with E-state index in [1.165, 1.54) is 11.3 Å². The molecule has 0 saturated carbocycles. The second kappa shape index (κ2) is 8.11. The number of carbonyl (C=O) groups excluding carboxylic acids is 3. The second-order valence-corrected chi connectivity index (χ2v) is 10.6. The number of thiophene rings is 1. The minimum absolute atomic E-state index is 0.145. The molecule has 1 saturated heterocycles. The lowest BCUT2D eigenvalue weighted by atomic mass is 9.64. The van der Waals surface area contributed by atoms with Gasteiger partial charge in [-0.1, -0.05) is 84.9 Å². The molecular weight excluding hydrogens is 480 g/mol. The van der Waals surface area contributed by atoms with Crippen molar-refractivity contribution in [3.8, 4) is 0 Å². The molecule has 6 heteroatoms. The van der Waals surface area contributed by atoms with Gasteiger partial charge in [0.15, 0.2) is 11.6 Å². The van der Waals surface area contributed by atoms with Crippen molar-refractivity contribution in [2.45, 2.75) is 17.5 Å². The van der Waals surface area contributed by atoms with Gasteiger partial charge in [0.25, 0.3) is 0 Å². The van der Waals surface area contributed by atoms with Gasteiger partial charge in [-0.2, -0.15) is 0 Å². The maximum Gasteiger partial charge on any atom is 0.238 e. The summed E-state index contributed by atoms with van der Waals surface area (Å²) in [5.41, 5.74) is 2.47. The largest absolute Gasteiger partial charge is 0.352 e. The van der Waals surface area contributed by atoms with Crippen molar-refractivity contribution in [2.24, 2.45) is 5.92 Å². The highest BCUT2D eigenvalue weighted by Crippen LogP contribution is 2.58. The van der Waals surface area contributed by atoms with Crippen molar-refractivity contribution in [1.82, 2.24) is 0 Å². The van der Waals surface area contributed by atoms with E-state index in [1.807, 2.05) is 95.2 Å². The summed E-state index contributed by atoms with van der Waals surface area (Å²) in [6.45, 7) is 0. The summed E-state index contributed by atoms with van der Waals surface area (Å²) < 4.78 is 0. The van der Waals surface area contributed by atoms with Gasteiger partial charge >= 0.3 is 0 Å². The minimum Gasteiger partial charge on any atom is -0.352 e. The monoisotopic (exact) mass is 502 g/mol. The molecule has 3 aliphatic rings. The molecule has 0 bridgehead atoms. The molecular formula is C31H22N2O3S. The summed E-state index contributed by atoms with van der Waals surface area (Å²) in [6, 6.07) is 26.7. The molecule has 180 valence electrons. The zero-order valence-corrected chi connectivity index (χ0v) is 20.5. The van der Waals surface area contributed by atoms with E-state index in [1.54, 1.807) is 18.2 Å². The number of fused-ring (bicyclic) bond motifs is 6. The number of para-hydroxylation sites is 2. The summed E-state index contributed by atoms with van der Waals surface area (Å²) >= 11 is 1.36. The summed E-state index contributed by atoms with van der Waals surface area (Å²) in [4.78, 5) is 45.7. The standard InChI is InChI=1S/C31H22N2O3S/c34-28(20-10-2-1-3-11-20)26-27(29(35)24-15-8-18-37-24)33-23-14-7-4-9-19(23)16-17-25(33)31(26)21-12-5-6-13-22(21)32-30(31)36/h1-18,25-27H,(H,32,36)/t25-,26-,27+,31+/m1/s1. The van der Waals surface area contributed by atoms with Crippen molar-refractivity contribution in [1.29, 1.82) is 0 Å². The summed E-state index contributed by atoms with van der Waals surface area (Å²) in [5, 5.41) is 4.92. The van der Waals surface area contributed by atoms with E-state index >= 15 is 0 Å². The van der Waals surface area contributed by atoms with Crippen LogP contribution in [0.5, 0.6) is 0 Å². The first-order chi connectivity index (χ1) is 18.1. The number of amides is 1. The molecule has 1 N–H and O–H groups in total. The van der Waals surface area contributed by atoms with Crippen LogP contribution in [-0.2, 0) is 10.2 Å². The van der Waals surface area contributed by atoms with Crippen molar-refractivity contribution < 1.29 is 14.4 Å². The normalized spacial score (nSPS) is 24.9. The van der Waals surface area contributed by atoms with Crippen LogP contribution in [0, 0.1) is 5.92 Å². The summed E-state index contributed by atoms with van der Waals surface area (Å²) in [7, 11) is 0. The van der Waals surface area contributed by atoms with Crippen LogP contribution in [0.25, 0.3) is 6.08 Å². The topological polar surface area (TPSA) is 66.5 Å². The van der Waals surface area contributed by atoms with Crippen LogP contribution in [-0.4, -0.2) is 29.6 Å². The fourth-order valence-electron chi connectivity index (χ4n) is 6.47. The Balaban J connectivity index is 1.55. The molecule has 1 spiro atoms. The van der Waals surface area contributed by atoms with Crippen LogP contribution >= 0.6 is 11.3 Å². The molecule has 1 amide bonds. The van der Waals surface area contributed by atoms with Gasteiger partial charge in [0.1, 0.15) is 11.5 Å². The Morgan fingerprint density at radius 1 is 0.838 bits per heavy atom. The molecule has 5 nitrogen and oxygen atoms in total. The highest BCUT2D eigenvalue weighted by atomic mass is 32.1. The third kappa shape index (κ3) is 2.93. The Hall–Kier alpha value is -4.29. The van der Waals surface area contributed by atoms with Crippen molar-refractivity contribution in [3.05, 3.63) is 124 Å². The lowest BCUT2D eigenvalue weighted by Crippen LogP contribution is -2.51. The van der Waals surface area contributed by atoms with Crippen molar-refractivity contribution in [3.63, 3.8) is 0 Å². The van der Waals surface area contributed by atoms with Crippen LogP contribution in [0.2, 0.25) is 0 Å². The maximum absolute atomic E-state index is 14.5. The van der Waals surface area contributed by atoms with Gasteiger partial charge in [-0.05, 0) is 34.7 Å². The van der Waals surface area contributed by atoms with Gasteiger partial charge < -0.3 is 10.2 Å². The van der Waals surface area contributed by atoms with Crippen LogP contribution in [0.15, 0.2) is 102 Å². The first-order valence-electron chi connectivity index (χ1n) is 12.3. The van der Waals surface area contributed by atoms with E-state index in [-0.39, 0.29) is 17.5 Å². The van der Waals surface area contributed by atoms with E-state index < -0.39 is 23.4 Å². The Morgan fingerprint density at radius 2 is 1.59 bits per heavy atom. The Bertz CT molecular complexity index is 1590. The molecule has 0 aliphatic carbocycles. The molecule has 0 unspecified atom stereocenters. The highest BCUT2D eigenvalue weighted by Gasteiger charge is 2.70. The van der Waals surface area contributed by atoms with Crippen molar-refractivity contribution in [2.75, 3.05) is 10.2 Å². The average molecular weight is 503 g/mol. The predicted octanol–water partition coefficient (Wildman–Crippen LogP) is 5.60. The molecule has 4 atom stereocenters. The van der Waals surface area contributed by atoms with Crippen LogP contribution < -0.4 is 10.2 Å². The van der Waals surface area contributed by atoms with Gasteiger partial charge in [0.05, 0.1) is 16.8 Å². The van der Waals surface area contributed by atoms with Crippen LogP contribution in [0.3, 0.4) is 0 Å². The van der Waals surface area contributed by atoms with E-state index in [9.17, 15) is 14.4 Å². The summed E-state index contributed by atoms with van der Waals surface area (Å²) in [5.74, 6) is -1.53. The van der Waals surface area contributed by atoms with Crippen LogP contribution in [0.4, 0.5) is 11.4 Å². The molecule has 1 fully saturated rings. The molecule has 1 aromatic heterocycles. The molecule has 37 heavy (non-hydrogen) atoms. The second-order valence-electron chi connectivity index (χ2n) is 9.63. The van der Waals surface area contributed by atoms with Gasteiger partial charge in [0, 0.05) is 16.9 Å². The van der Waals surface area contributed by atoms with E-state index in [4.69, 9.17) is 0 Å². The number of carbonyl (C=O) groups is 3. The van der Waals surface area contributed by atoms with Gasteiger partial charge in [0.2, 0.25) is 5.91 Å². The quantitative estimate of drug-likeness (QED) is 0.369. The first kappa shape index (κ1) is 21.9. The van der Waals surface area contributed by atoms with Crippen LogP contribution in [0.1, 0.15) is 31.2 Å². The Labute approximate surface area is 218 Å². The zero-order valence-electron chi connectivity index (χ0n) is 19.7. The minimum atomic E-state index is -1.27. The van der Waals surface area contributed by atoms with Gasteiger partial charge in [-0.25, -0.2) is 0 Å². The molecule has 3 aliphatic heterocycles. The molecule has 7 rings (SSSR count). The molecule has 4 heterocycles.